The first-order chi connectivity index (χ1) is 10.2. The molecule has 0 aliphatic carbocycles. The quantitative estimate of drug-likeness (QED) is 0.663. The molecule has 0 unspecified atom stereocenters. The third kappa shape index (κ3) is 2.71. The Morgan fingerprint density at radius 2 is 1.90 bits per heavy atom. The maximum absolute atomic E-state index is 6.12. The molecule has 0 fully saturated rings. The molecule has 21 heavy (non-hydrogen) atoms. The number of nitrogens with zero attached hydrogens (tertiary/aromatic N) is 2. The standard InChI is InChI=1S/C16H14Cl2N2O/c1-21-13-5-3-12(4-6-13)20-15-10-11(18)2-7-14(15)19-16(20)8-9-17/h2-7,10H,8-9H2,1H3. The van der Waals surface area contributed by atoms with Gasteiger partial charge in [0.15, 0.2) is 0 Å². The molecule has 0 bridgehead atoms. The number of methoxy groups -OCH3 is 1. The van der Waals surface area contributed by atoms with E-state index in [1.165, 1.54) is 0 Å². The molecule has 0 spiro atoms. The number of hydrogen-bond acceptors (Lipinski definition) is 2. The summed E-state index contributed by atoms with van der Waals surface area (Å²) in [6, 6.07) is 13.5. The average molecular weight is 321 g/mol. The highest BCUT2D eigenvalue weighted by atomic mass is 35.5. The van der Waals surface area contributed by atoms with E-state index < -0.39 is 0 Å². The summed E-state index contributed by atoms with van der Waals surface area (Å²) in [6.45, 7) is 0. The van der Waals surface area contributed by atoms with Gasteiger partial charge < -0.3 is 4.74 Å². The van der Waals surface area contributed by atoms with Gasteiger partial charge in [0.1, 0.15) is 11.6 Å². The molecule has 0 saturated carbocycles. The number of hydrogen-bond donors (Lipinski definition) is 0. The van der Waals surface area contributed by atoms with E-state index >= 15 is 0 Å². The van der Waals surface area contributed by atoms with Gasteiger partial charge in [-0.2, -0.15) is 0 Å². The molecule has 0 aliphatic rings. The predicted molar refractivity (Wildman–Crippen MR) is 87.1 cm³/mol. The van der Waals surface area contributed by atoms with Crippen LogP contribution >= 0.6 is 23.2 Å². The Balaban J connectivity index is 2.21. The maximum atomic E-state index is 6.12. The molecular weight excluding hydrogens is 307 g/mol. The highest BCUT2D eigenvalue weighted by Gasteiger charge is 2.12. The van der Waals surface area contributed by atoms with Crippen LogP contribution in [0.25, 0.3) is 16.7 Å². The molecule has 0 radical (unpaired) electrons. The minimum atomic E-state index is 0.521. The van der Waals surface area contributed by atoms with E-state index in [4.69, 9.17) is 27.9 Å². The van der Waals surface area contributed by atoms with Crippen LogP contribution in [0.15, 0.2) is 42.5 Å². The third-order valence-corrected chi connectivity index (χ3v) is 3.76. The number of rotatable bonds is 4. The summed E-state index contributed by atoms with van der Waals surface area (Å²) in [5.41, 5.74) is 2.91. The van der Waals surface area contributed by atoms with Crippen molar-refractivity contribution in [1.82, 2.24) is 9.55 Å². The molecule has 0 saturated heterocycles. The van der Waals surface area contributed by atoms with Crippen molar-refractivity contribution >= 4 is 34.2 Å². The Bertz CT molecular complexity index is 766. The van der Waals surface area contributed by atoms with E-state index in [0.29, 0.717) is 17.3 Å². The summed E-state index contributed by atoms with van der Waals surface area (Å²) in [4.78, 5) is 4.65. The van der Waals surface area contributed by atoms with Crippen LogP contribution in [0.5, 0.6) is 5.75 Å². The van der Waals surface area contributed by atoms with Crippen molar-refractivity contribution in [1.29, 1.82) is 0 Å². The number of fused-ring (bicyclic) bond motifs is 1. The van der Waals surface area contributed by atoms with Crippen molar-refractivity contribution in [3.8, 4) is 11.4 Å². The Morgan fingerprint density at radius 1 is 1.14 bits per heavy atom. The van der Waals surface area contributed by atoms with E-state index in [9.17, 15) is 0 Å². The van der Waals surface area contributed by atoms with Crippen molar-refractivity contribution in [2.45, 2.75) is 6.42 Å². The van der Waals surface area contributed by atoms with E-state index in [1.807, 2.05) is 42.5 Å². The molecule has 2 aromatic carbocycles. The molecule has 1 aromatic heterocycles. The van der Waals surface area contributed by atoms with E-state index in [1.54, 1.807) is 7.11 Å². The topological polar surface area (TPSA) is 27.1 Å². The minimum absolute atomic E-state index is 0.521. The zero-order valence-electron chi connectivity index (χ0n) is 11.5. The second-order valence-corrected chi connectivity index (χ2v) is 5.45. The van der Waals surface area contributed by atoms with Gasteiger partial charge in [0, 0.05) is 23.0 Å². The first-order valence-corrected chi connectivity index (χ1v) is 7.51. The lowest BCUT2D eigenvalue weighted by atomic mass is 10.2. The summed E-state index contributed by atoms with van der Waals surface area (Å²) in [5.74, 6) is 2.26. The van der Waals surface area contributed by atoms with E-state index in [0.717, 1.165) is 28.3 Å². The van der Waals surface area contributed by atoms with Crippen molar-refractivity contribution in [2.24, 2.45) is 0 Å². The van der Waals surface area contributed by atoms with Crippen LogP contribution in [-0.2, 0) is 6.42 Å². The Kier molecular flexibility index (Phi) is 4.04. The van der Waals surface area contributed by atoms with Gasteiger partial charge in [-0.1, -0.05) is 11.6 Å². The fourth-order valence-electron chi connectivity index (χ4n) is 2.37. The van der Waals surface area contributed by atoms with E-state index in [2.05, 4.69) is 9.55 Å². The van der Waals surface area contributed by atoms with Crippen LogP contribution in [0.3, 0.4) is 0 Å². The largest absolute Gasteiger partial charge is 0.497 e. The number of aromatic nitrogens is 2. The summed E-state index contributed by atoms with van der Waals surface area (Å²) >= 11 is 12.0. The zero-order chi connectivity index (χ0) is 14.8. The molecule has 1 heterocycles. The van der Waals surface area contributed by atoms with Gasteiger partial charge in [0.25, 0.3) is 0 Å². The lowest BCUT2D eigenvalue weighted by molar-refractivity contribution is 0.414. The first-order valence-electron chi connectivity index (χ1n) is 6.60. The number of imidazole rings is 1. The van der Waals surface area contributed by atoms with Crippen LogP contribution in [0.1, 0.15) is 5.82 Å². The lowest BCUT2D eigenvalue weighted by Gasteiger charge is -2.09. The van der Waals surface area contributed by atoms with Crippen LogP contribution in [0, 0.1) is 0 Å². The van der Waals surface area contributed by atoms with Gasteiger partial charge in [0.2, 0.25) is 0 Å². The number of benzene rings is 2. The molecule has 108 valence electrons. The fourth-order valence-corrected chi connectivity index (χ4v) is 2.71. The minimum Gasteiger partial charge on any atom is -0.497 e. The number of alkyl halides is 1. The van der Waals surface area contributed by atoms with Crippen molar-refractivity contribution in [3.63, 3.8) is 0 Å². The maximum Gasteiger partial charge on any atom is 0.119 e. The summed E-state index contributed by atoms with van der Waals surface area (Å²) in [7, 11) is 1.65. The van der Waals surface area contributed by atoms with Crippen LogP contribution in [-0.4, -0.2) is 22.5 Å². The number of aryl methyl sites for hydroxylation is 1. The molecule has 0 N–H and O–H groups in total. The van der Waals surface area contributed by atoms with Crippen LogP contribution in [0.4, 0.5) is 0 Å². The highest BCUT2D eigenvalue weighted by Crippen LogP contribution is 2.26. The normalized spacial score (nSPS) is 11.0. The average Bonchev–Trinajstić information content (AvgIpc) is 2.85. The molecule has 0 aliphatic heterocycles. The number of ether oxygens (including phenoxy) is 1. The summed E-state index contributed by atoms with van der Waals surface area (Å²) in [5, 5.41) is 0.689. The van der Waals surface area contributed by atoms with Crippen molar-refractivity contribution < 1.29 is 4.74 Å². The zero-order valence-corrected chi connectivity index (χ0v) is 13.0. The van der Waals surface area contributed by atoms with E-state index in [-0.39, 0.29) is 0 Å². The van der Waals surface area contributed by atoms with Gasteiger partial charge in [-0.15, -0.1) is 11.6 Å². The molecule has 3 rings (SSSR count). The molecule has 3 nitrogen and oxygen atoms in total. The molecule has 3 aromatic rings. The van der Waals surface area contributed by atoms with Gasteiger partial charge in [-0.25, -0.2) is 4.98 Å². The van der Waals surface area contributed by atoms with Crippen molar-refractivity contribution in [2.75, 3.05) is 13.0 Å². The Morgan fingerprint density at radius 3 is 2.57 bits per heavy atom. The SMILES string of the molecule is COc1ccc(-n2c(CCCl)nc3ccc(Cl)cc32)cc1. The lowest BCUT2D eigenvalue weighted by Crippen LogP contribution is -2.02. The third-order valence-electron chi connectivity index (χ3n) is 3.33. The monoisotopic (exact) mass is 320 g/mol. The Hall–Kier alpha value is -1.71. The molecule has 0 atom stereocenters. The van der Waals surface area contributed by atoms with Gasteiger partial charge in [-0.05, 0) is 42.5 Å². The van der Waals surface area contributed by atoms with Gasteiger partial charge in [-0.3, -0.25) is 4.57 Å². The molecule has 0 amide bonds. The van der Waals surface area contributed by atoms with Gasteiger partial charge >= 0.3 is 0 Å². The molecular formula is C16H14Cl2N2O. The van der Waals surface area contributed by atoms with Crippen LogP contribution < -0.4 is 4.74 Å². The predicted octanol–water partition coefficient (Wildman–Crippen LogP) is 4.47. The highest BCUT2D eigenvalue weighted by molar-refractivity contribution is 6.31. The smallest absolute Gasteiger partial charge is 0.119 e. The summed E-state index contributed by atoms with van der Waals surface area (Å²) in [6.07, 6.45) is 0.694. The second kappa shape index (κ2) is 5.96. The summed E-state index contributed by atoms with van der Waals surface area (Å²) < 4.78 is 7.29. The fraction of sp³-hybridized carbons (Fsp3) is 0.188. The first kappa shape index (κ1) is 14.2. The van der Waals surface area contributed by atoms with Crippen molar-refractivity contribution in [3.05, 3.63) is 53.3 Å². The van der Waals surface area contributed by atoms with Gasteiger partial charge in [0.05, 0.1) is 18.1 Å². The Labute approximate surface area is 133 Å². The molecule has 5 heteroatoms. The second-order valence-electron chi connectivity index (χ2n) is 4.63. The number of halogens is 2. The van der Waals surface area contributed by atoms with Crippen LogP contribution in [0.2, 0.25) is 5.02 Å².